The lowest BCUT2D eigenvalue weighted by molar-refractivity contribution is -0.166. The maximum atomic E-state index is 15.5. The number of hydrogen-bond donors (Lipinski definition) is 8. The van der Waals surface area contributed by atoms with Crippen LogP contribution in [0.1, 0.15) is 150 Å². The molecule has 3 aliphatic rings. The Hall–Kier alpha value is -14.9. The average molecular weight is 1610 g/mol. The molecule has 0 atom stereocenters. The first-order valence-corrected chi connectivity index (χ1v) is 39.6. The standard InChI is InChI=1S/C96H86N8O16/c1-7-115-90(109)68(91(110)116-8-2)52-56-25-21-28-59(49-56)86(105)101-70-37-17-13-33-64(70)82-74-41-43-78(97-74)84-66-35-15-19-39-72(66)103-88(107)61-30-23-27-58(51-61)55-96(94(113)119-11-5,95(114)120-12-6)63-32-24-31-62(54-63)89(108)104-73-40-20-16-36-67(73)85(80-47-45-76(82)99-80)81-48-46-77(100-81)83(75-42-44-79(84)98-75)65-34-14-18-38-71(65)102-87(106)60-29-22-26-57(50-60)53-69(92(111)117-9-3)93(112)118-10-4/h13-51,54,68-69,97-100H,7-12,52-53,55H2,1-6H3,(H,101,105)(H,102,106)(H,103,107)(H,104,108). The number of carbonyl (C=O) groups excluding carboxylic acids is 10. The van der Waals surface area contributed by atoms with Gasteiger partial charge in [-0.2, -0.15) is 0 Å². The van der Waals surface area contributed by atoms with Gasteiger partial charge in [-0.25, -0.2) is 0 Å². The summed E-state index contributed by atoms with van der Waals surface area (Å²) >= 11 is 0. The molecular formula is C96H86N8O16. The van der Waals surface area contributed by atoms with Gasteiger partial charge in [0.2, 0.25) is 0 Å². The lowest BCUT2D eigenvalue weighted by Crippen LogP contribution is -2.48. The van der Waals surface area contributed by atoms with Gasteiger partial charge in [-0.05, 0) is 198 Å². The normalized spacial score (nSPS) is 12.9. The number of aromatic amines is 4. The molecule has 14 bridgehead atoms. The van der Waals surface area contributed by atoms with Crippen LogP contribution < -0.4 is 42.7 Å². The van der Waals surface area contributed by atoms with Crippen molar-refractivity contribution in [3.8, 4) is 0 Å². The van der Waals surface area contributed by atoms with Crippen LogP contribution in [0.5, 0.6) is 0 Å². The largest absolute Gasteiger partial charge is 0.465 e. The molecule has 0 radical (unpaired) electrons. The molecule has 24 nitrogen and oxygen atoms in total. The Balaban J connectivity index is 1.01. The molecule has 8 aromatic carbocycles. The van der Waals surface area contributed by atoms with Gasteiger partial charge in [0.05, 0.1) is 39.6 Å². The van der Waals surface area contributed by atoms with Gasteiger partial charge in [-0.3, -0.25) is 47.9 Å². The number of carbonyl (C=O) groups is 10. The molecule has 4 amide bonds. The van der Waals surface area contributed by atoms with E-state index in [1.165, 1.54) is 6.07 Å². The van der Waals surface area contributed by atoms with E-state index in [1.54, 1.807) is 181 Å². The summed E-state index contributed by atoms with van der Waals surface area (Å²) in [5.41, 5.74) is 7.63. The summed E-state index contributed by atoms with van der Waals surface area (Å²) in [4.78, 5) is 159. The summed E-state index contributed by atoms with van der Waals surface area (Å²) < 4.78 is 32.7. The van der Waals surface area contributed by atoms with Crippen LogP contribution in [-0.2, 0) is 81.9 Å². The van der Waals surface area contributed by atoms with Crippen molar-refractivity contribution in [3.63, 3.8) is 0 Å². The number of benzene rings is 8. The number of amides is 4. The van der Waals surface area contributed by atoms with E-state index in [4.69, 9.17) is 28.4 Å². The molecule has 120 heavy (non-hydrogen) atoms. The minimum atomic E-state index is -2.22. The van der Waals surface area contributed by atoms with Gasteiger partial charge in [0.25, 0.3) is 23.6 Å². The van der Waals surface area contributed by atoms with Crippen molar-refractivity contribution in [1.29, 1.82) is 0 Å². The molecule has 0 saturated carbocycles. The monoisotopic (exact) mass is 1610 g/mol. The molecule has 0 aliphatic carbocycles. The second-order valence-corrected chi connectivity index (χ2v) is 28.4. The first-order chi connectivity index (χ1) is 58.3. The number of H-pyrrole nitrogens is 4. The van der Waals surface area contributed by atoms with Gasteiger partial charge < -0.3 is 69.6 Å². The van der Waals surface area contributed by atoms with Crippen LogP contribution in [0.25, 0.3) is 22.3 Å². The van der Waals surface area contributed by atoms with Crippen molar-refractivity contribution in [3.05, 3.63) is 354 Å². The highest BCUT2D eigenvalue weighted by Crippen LogP contribution is 2.38. The van der Waals surface area contributed by atoms with Crippen molar-refractivity contribution in [2.45, 2.75) is 66.2 Å². The third-order valence-electron chi connectivity index (χ3n) is 20.7. The van der Waals surface area contributed by atoms with Gasteiger partial charge in [0, 0.05) is 140 Å². The Bertz CT molecular complexity index is 6240. The zero-order valence-corrected chi connectivity index (χ0v) is 66.6. The molecular weight excluding hydrogens is 1520 g/mol. The van der Waals surface area contributed by atoms with Crippen molar-refractivity contribution >= 4 is 104 Å². The minimum Gasteiger partial charge on any atom is -0.465 e. The van der Waals surface area contributed by atoms with E-state index < -0.39 is 76.7 Å². The smallest absolute Gasteiger partial charge is 0.328 e. The molecule has 0 fully saturated rings. The molecule has 24 heteroatoms. The second-order valence-electron chi connectivity index (χ2n) is 28.4. The van der Waals surface area contributed by atoms with Crippen LogP contribution in [-0.4, -0.2) is 119 Å². The van der Waals surface area contributed by atoms with Crippen molar-refractivity contribution in [1.82, 2.24) is 19.9 Å². The Morgan fingerprint density at radius 2 is 0.700 bits per heavy atom. The summed E-state index contributed by atoms with van der Waals surface area (Å²) in [6.45, 7) is 9.72. The van der Waals surface area contributed by atoms with E-state index in [-0.39, 0.29) is 86.7 Å². The minimum absolute atomic E-state index is 0.0380. The zero-order chi connectivity index (χ0) is 84.1. The first-order valence-electron chi connectivity index (χ1n) is 39.6. The zero-order valence-electron chi connectivity index (χ0n) is 66.6. The topological polar surface area (TPSA) is 337 Å². The van der Waals surface area contributed by atoms with E-state index >= 15 is 19.2 Å². The summed E-state index contributed by atoms with van der Waals surface area (Å²) in [5.74, 6) is -9.72. The van der Waals surface area contributed by atoms with Gasteiger partial charge in [0.15, 0.2) is 17.3 Å². The Kier molecular flexibility index (Phi) is 24.8. The number of ether oxygens (including phenoxy) is 6. The van der Waals surface area contributed by atoms with Crippen LogP contribution >= 0.6 is 0 Å². The number of rotatable bonds is 22. The van der Waals surface area contributed by atoms with E-state index in [0.29, 0.717) is 128 Å². The number of anilines is 4. The van der Waals surface area contributed by atoms with Gasteiger partial charge >= 0.3 is 35.8 Å². The van der Waals surface area contributed by atoms with Gasteiger partial charge in [-0.1, -0.05) is 121 Å². The van der Waals surface area contributed by atoms with Crippen molar-refractivity contribution in [2.24, 2.45) is 11.8 Å². The van der Waals surface area contributed by atoms with E-state index in [1.807, 2.05) is 97.1 Å². The van der Waals surface area contributed by atoms with E-state index in [9.17, 15) is 28.8 Å². The summed E-state index contributed by atoms with van der Waals surface area (Å²) in [7, 11) is 0. The molecule has 8 N–H and O–H groups in total. The predicted molar refractivity (Wildman–Crippen MR) is 451 cm³/mol. The molecule has 7 heterocycles. The van der Waals surface area contributed by atoms with Crippen LogP contribution in [0.3, 0.4) is 0 Å². The van der Waals surface area contributed by atoms with E-state index in [0.717, 1.165) is 0 Å². The van der Waals surface area contributed by atoms with Crippen LogP contribution in [0.4, 0.5) is 22.7 Å². The Morgan fingerprint density at radius 3 is 1.10 bits per heavy atom. The molecule has 606 valence electrons. The van der Waals surface area contributed by atoms with Crippen molar-refractivity contribution in [2.75, 3.05) is 60.9 Å². The van der Waals surface area contributed by atoms with E-state index in [2.05, 4.69) is 41.2 Å². The quantitative estimate of drug-likeness (QED) is 0.0178. The molecule has 0 unspecified atom stereocenters. The number of nitrogens with one attached hydrogen (secondary N) is 8. The first kappa shape index (κ1) is 81.6. The maximum Gasteiger partial charge on any atom is 0.328 e. The maximum absolute atomic E-state index is 15.5. The lowest BCUT2D eigenvalue weighted by atomic mass is 9.74. The molecule has 15 rings (SSSR count). The second kappa shape index (κ2) is 36.5. The summed E-state index contributed by atoms with van der Waals surface area (Å²) in [5, 5.41) is 14.9. The van der Waals surface area contributed by atoms with Crippen LogP contribution in [0.2, 0.25) is 0 Å². The Morgan fingerprint density at radius 1 is 0.350 bits per heavy atom. The highest BCUT2D eigenvalue weighted by Gasteiger charge is 2.51. The SMILES string of the molecule is CCOC(=O)C(Cc1cccc(C(=O)Nc2ccccc2C2=c3ccc([nH]3)=C3c4ccc([nH]4)C(c4ccccc4NC(=O)c4cccc(CC(C(=O)OCC)C(=O)OCC)c4)=c4ccc([nH]4)=C(c4ccc2[nH]4)c2ccccc2NC(=O)c2cccc(c2)C(C(=O)OCC)(C(=O)OCC)Cc2cccc(c2)C(=O)Nc2ccccc23)c1)C(=O)OCC. The number of esters is 6. The molecule has 12 aromatic rings. The number of para-hydroxylation sites is 4. The predicted octanol–water partition coefficient (Wildman–Crippen LogP) is 11.8. The summed E-state index contributed by atoms with van der Waals surface area (Å²) in [6, 6.07) is 70.2. The third kappa shape index (κ3) is 17.2. The fourth-order valence-electron chi connectivity index (χ4n) is 15.3. The van der Waals surface area contributed by atoms with Gasteiger partial charge in [-0.15, -0.1) is 0 Å². The molecule has 0 spiro atoms. The molecule has 0 saturated heterocycles. The Labute approximate surface area is 689 Å². The highest BCUT2D eigenvalue weighted by molar-refractivity contribution is 6.12. The van der Waals surface area contributed by atoms with Crippen molar-refractivity contribution < 1.29 is 76.4 Å². The fourth-order valence-corrected chi connectivity index (χ4v) is 15.3. The molecule has 3 aliphatic heterocycles. The molecule has 4 aromatic heterocycles. The number of fused-ring (bicyclic) bond motifs is 3. The number of aromatic nitrogens is 4. The lowest BCUT2D eigenvalue weighted by Gasteiger charge is -2.30. The summed E-state index contributed by atoms with van der Waals surface area (Å²) in [6.07, 6.45) is -0.570. The van der Waals surface area contributed by atoms with Crippen LogP contribution in [0.15, 0.2) is 243 Å². The highest BCUT2D eigenvalue weighted by atomic mass is 16.6. The fraction of sp³-hybridized carbons (Fsp3) is 0.188. The number of hydrogen-bond acceptors (Lipinski definition) is 16. The third-order valence-corrected chi connectivity index (χ3v) is 20.7. The average Bonchev–Trinajstić information content (AvgIpc) is 1.75. The van der Waals surface area contributed by atoms with Crippen LogP contribution in [0, 0.1) is 11.8 Å². The van der Waals surface area contributed by atoms with Gasteiger partial charge in [0.1, 0.15) is 0 Å².